The van der Waals surface area contributed by atoms with E-state index in [9.17, 15) is 4.79 Å². The molecule has 0 heterocycles. The first-order valence-electron chi connectivity index (χ1n) is 6.40. The summed E-state index contributed by atoms with van der Waals surface area (Å²) in [5.74, 6) is 1.11. The number of anilines is 1. The topological polar surface area (TPSA) is 64.3 Å². The minimum atomic E-state index is 0. The third-order valence-electron chi connectivity index (χ3n) is 3.66. The second-order valence-electron chi connectivity index (χ2n) is 4.72. The summed E-state index contributed by atoms with van der Waals surface area (Å²) in [5.41, 5.74) is 6.44. The van der Waals surface area contributed by atoms with Crippen molar-refractivity contribution in [2.24, 2.45) is 17.6 Å². The standard InChI is InChI=1S/C14H20N2O2.ClH/c1-18-13-8-3-2-7-12(13)16-14(17)11-6-4-5-10(11)9-15;/h2-3,7-8,10-11H,4-6,9,15H2,1H3,(H,16,17);1H/t10-,11-;/m1./s1. The number of methoxy groups -OCH3 is 1. The quantitative estimate of drug-likeness (QED) is 0.892. The molecule has 3 N–H and O–H groups in total. The molecule has 4 nitrogen and oxygen atoms in total. The predicted octanol–water partition coefficient (Wildman–Crippen LogP) is 2.43. The van der Waals surface area contributed by atoms with Gasteiger partial charge in [-0.2, -0.15) is 0 Å². The molecular weight excluding hydrogens is 264 g/mol. The van der Waals surface area contributed by atoms with Crippen LogP contribution in [0.5, 0.6) is 5.75 Å². The van der Waals surface area contributed by atoms with Crippen molar-refractivity contribution in [2.75, 3.05) is 19.0 Å². The maximum Gasteiger partial charge on any atom is 0.227 e. The predicted molar refractivity (Wildman–Crippen MR) is 78.8 cm³/mol. The maximum atomic E-state index is 12.2. The van der Waals surface area contributed by atoms with Gasteiger partial charge in [0.1, 0.15) is 5.75 Å². The summed E-state index contributed by atoms with van der Waals surface area (Å²) in [5, 5.41) is 2.95. The first-order chi connectivity index (χ1) is 8.76. The molecule has 2 atom stereocenters. The van der Waals surface area contributed by atoms with E-state index >= 15 is 0 Å². The number of rotatable bonds is 4. The van der Waals surface area contributed by atoms with E-state index in [0.717, 1.165) is 24.9 Å². The largest absolute Gasteiger partial charge is 0.495 e. The van der Waals surface area contributed by atoms with E-state index in [-0.39, 0.29) is 24.2 Å². The van der Waals surface area contributed by atoms with Gasteiger partial charge in [0.05, 0.1) is 12.8 Å². The zero-order chi connectivity index (χ0) is 13.0. The van der Waals surface area contributed by atoms with Gasteiger partial charge in [-0.25, -0.2) is 0 Å². The molecule has 0 unspecified atom stereocenters. The minimum absolute atomic E-state index is 0. The molecule has 1 aliphatic carbocycles. The van der Waals surface area contributed by atoms with Crippen LogP contribution in [0.25, 0.3) is 0 Å². The Morgan fingerprint density at radius 1 is 1.42 bits per heavy atom. The van der Waals surface area contributed by atoms with Crippen LogP contribution in [0.15, 0.2) is 24.3 Å². The molecule has 1 aromatic rings. The van der Waals surface area contributed by atoms with Crippen LogP contribution in [-0.4, -0.2) is 19.6 Å². The lowest BCUT2D eigenvalue weighted by Crippen LogP contribution is -2.29. The Kier molecular flexibility index (Phi) is 6.12. The van der Waals surface area contributed by atoms with Crippen molar-refractivity contribution >= 4 is 24.0 Å². The number of para-hydroxylation sites is 2. The summed E-state index contributed by atoms with van der Waals surface area (Å²) in [6.45, 7) is 0.587. The van der Waals surface area contributed by atoms with Gasteiger partial charge in [0.2, 0.25) is 5.91 Å². The lowest BCUT2D eigenvalue weighted by atomic mass is 9.95. The average Bonchev–Trinajstić information content (AvgIpc) is 2.87. The summed E-state index contributed by atoms with van der Waals surface area (Å²) in [6.07, 6.45) is 3.08. The Labute approximate surface area is 120 Å². The van der Waals surface area contributed by atoms with Crippen molar-refractivity contribution in [2.45, 2.75) is 19.3 Å². The smallest absolute Gasteiger partial charge is 0.227 e. The van der Waals surface area contributed by atoms with Crippen molar-refractivity contribution in [1.82, 2.24) is 0 Å². The summed E-state index contributed by atoms with van der Waals surface area (Å²) in [7, 11) is 1.60. The zero-order valence-electron chi connectivity index (χ0n) is 11.1. The molecule has 5 heteroatoms. The van der Waals surface area contributed by atoms with Crippen molar-refractivity contribution in [3.63, 3.8) is 0 Å². The third-order valence-corrected chi connectivity index (χ3v) is 3.66. The van der Waals surface area contributed by atoms with E-state index in [2.05, 4.69) is 5.32 Å². The molecule has 0 bridgehead atoms. The summed E-state index contributed by atoms with van der Waals surface area (Å²) >= 11 is 0. The van der Waals surface area contributed by atoms with Crippen LogP contribution in [0.4, 0.5) is 5.69 Å². The number of nitrogens with one attached hydrogen (secondary N) is 1. The molecule has 0 spiro atoms. The number of benzene rings is 1. The van der Waals surface area contributed by atoms with Crippen molar-refractivity contribution in [1.29, 1.82) is 0 Å². The highest BCUT2D eigenvalue weighted by Crippen LogP contribution is 2.33. The van der Waals surface area contributed by atoms with E-state index in [4.69, 9.17) is 10.5 Å². The SMILES string of the molecule is COc1ccccc1NC(=O)[C@@H]1CCC[C@@H]1CN.Cl. The number of carbonyl (C=O) groups is 1. The van der Waals surface area contributed by atoms with Crippen LogP contribution < -0.4 is 15.8 Å². The highest BCUT2D eigenvalue weighted by atomic mass is 35.5. The molecule has 2 rings (SSSR count). The number of nitrogens with two attached hydrogens (primary N) is 1. The molecule has 1 aromatic carbocycles. The first kappa shape index (κ1) is 15.8. The first-order valence-corrected chi connectivity index (χ1v) is 6.40. The van der Waals surface area contributed by atoms with Crippen LogP contribution in [0.3, 0.4) is 0 Å². The van der Waals surface area contributed by atoms with Crippen LogP contribution >= 0.6 is 12.4 Å². The summed E-state index contributed by atoms with van der Waals surface area (Å²) in [6, 6.07) is 7.45. The Morgan fingerprint density at radius 3 is 2.84 bits per heavy atom. The van der Waals surface area contributed by atoms with Gasteiger partial charge in [0.25, 0.3) is 0 Å². The Bertz CT molecular complexity index is 426. The monoisotopic (exact) mass is 284 g/mol. The molecule has 19 heavy (non-hydrogen) atoms. The fraction of sp³-hybridized carbons (Fsp3) is 0.500. The van der Waals surface area contributed by atoms with Crippen molar-refractivity contribution in [3.8, 4) is 5.75 Å². The number of amides is 1. The second-order valence-corrected chi connectivity index (χ2v) is 4.72. The van der Waals surface area contributed by atoms with E-state index in [1.807, 2.05) is 24.3 Å². The molecule has 1 fully saturated rings. The fourth-order valence-electron chi connectivity index (χ4n) is 2.64. The highest BCUT2D eigenvalue weighted by Gasteiger charge is 2.32. The van der Waals surface area contributed by atoms with E-state index in [1.54, 1.807) is 7.11 Å². The lowest BCUT2D eigenvalue weighted by molar-refractivity contribution is -0.120. The molecule has 0 saturated heterocycles. The van der Waals surface area contributed by atoms with Crippen molar-refractivity contribution in [3.05, 3.63) is 24.3 Å². The van der Waals surface area contributed by atoms with Gasteiger partial charge in [-0.1, -0.05) is 18.6 Å². The van der Waals surface area contributed by atoms with Crippen molar-refractivity contribution < 1.29 is 9.53 Å². The van der Waals surface area contributed by atoms with E-state index in [0.29, 0.717) is 18.2 Å². The number of hydrogen-bond acceptors (Lipinski definition) is 3. The molecule has 0 aliphatic heterocycles. The van der Waals surface area contributed by atoms with E-state index in [1.165, 1.54) is 0 Å². The molecular formula is C14H21ClN2O2. The van der Waals surface area contributed by atoms with Gasteiger partial charge in [0.15, 0.2) is 0 Å². The Hall–Kier alpha value is -1.26. The molecule has 0 radical (unpaired) electrons. The number of hydrogen-bond donors (Lipinski definition) is 2. The van der Waals surface area contributed by atoms with Gasteiger partial charge in [0, 0.05) is 5.92 Å². The second kappa shape index (κ2) is 7.36. The van der Waals surface area contributed by atoms with Gasteiger partial charge in [-0.05, 0) is 37.4 Å². The van der Waals surface area contributed by atoms with Crippen LogP contribution in [-0.2, 0) is 4.79 Å². The van der Waals surface area contributed by atoms with Gasteiger partial charge < -0.3 is 15.8 Å². The third kappa shape index (κ3) is 3.61. The van der Waals surface area contributed by atoms with Gasteiger partial charge >= 0.3 is 0 Å². The van der Waals surface area contributed by atoms with E-state index < -0.39 is 0 Å². The zero-order valence-corrected chi connectivity index (χ0v) is 11.9. The van der Waals surface area contributed by atoms with Crippen LogP contribution in [0, 0.1) is 11.8 Å². The van der Waals surface area contributed by atoms with Gasteiger partial charge in [-0.3, -0.25) is 4.79 Å². The summed E-state index contributed by atoms with van der Waals surface area (Å²) in [4.78, 5) is 12.2. The molecule has 1 amide bonds. The normalized spacial score (nSPS) is 21.6. The fourth-order valence-corrected chi connectivity index (χ4v) is 2.64. The summed E-state index contributed by atoms with van der Waals surface area (Å²) < 4.78 is 5.22. The Morgan fingerprint density at radius 2 is 2.16 bits per heavy atom. The maximum absolute atomic E-state index is 12.2. The molecule has 106 valence electrons. The minimum Gasteiger partial charge on any atom is -0.495 e. The van der Waals surface area contributed by atoms with Crippen LogP contribution in [0.2, 0.25) is 0 Å². The number of ether oxygens (including phenoxy) is 1. The van der Waals surface area contributed by atoms with Crippen LogP contribution in [0.1, 0.15) is 19.3 Å². The molecule has 1 saturated carbocycles. The van der Waals surface area contributed by atoms with Gasteiger partial charge in [-0.15, -0.1) is 12.4 Å². The average molecular weight is 285 g/mol. The number of carbonyl (C=O) groups excluding carboxylic acids is 1. The lowest BCUT2D eigenvalue weighted by Gasteiger charge is -2.18. The highest BCUT2D eigenvalue weighted by molar-refractivity contribution is 5.94. The molecule has 1 aliphatic rings. The Balaban J connectivity index is 0.00000180. The number of halogens is 1. The molecule has 0 aromatic heterocycles.